The molecular formula is C46H29N5. The Bertz CT molecular complexity index is 3120. The summed E-state index contributed by atoms with van der Waals surface area (Å²) < 4.78 is 7.04. The number of fused-ring (bicyclic) bond motifs is 10. The highest BCUT2D eigenvalue weighted by Gasteiger charge is 2.25. The molecule has 11 rings (SSSR count). The molecule has 0 amide bonds. The molecule has 51 heavy (non-hydrogen) atoms. The molecule has 5 nitrogen and oxygen atoms in total. The lowest BCUT2D eigenvalue weighted by molar-refractivity contribution is 1.08. The van der Waals surface area contributed by atoms with Crippen molar-refractivity contribution in [3.63, 3.8) is 0 Å². The summed E-state index contributed by atoms with van der Waals surface area (Å²) in [6, 6.07) is 58.4. The number of hydrogen-bond acceptors (Lipinski definition) is 2. The van der Waals surface area contributed by atoms with Gasteiger partial charge in [-0.05, 0) is 78.4 Å². The molecule has 6 aromatic carbocycles. The van der Waals surface area contributed by atoms with Crippen molar-refractivity contribution < 1.29 is 0 Å². The Balaban J connectivity index is 1.34. The van der Waals surface area contributed by atoms with Gasteiger partial charge in [-0.1, -0.05) is 91.0 Å². The van der Waals surface area contributed by atoms with Gasteiger partial charge < -0.3 is 4.57 Å². The normalized spacial score (nSPS) is 11.9. The molecule has 0 unspecified atom stereocenters. The van der Waals surface area contributed by atoms with Crippen molar-refractivity contribution in [3.05, 3.63) is 176 Å². The Morgan fingerprint density at radius 3 is 1.59 bits per heavy atom. The standard InChI is InChI=1S/C46H29N5/c1-2-14-31(15-3-1)49-37-19-7-4-16-32(37)36-28-30(24-25-40(36)49)35-29-41-44(33-17-5-8-20-38(33)50(41)42-22-10-12-26-47-42)45-34-18-6-9-21-39(34)51(46(35)45)43-23-11-13-27-48-43/h1-29H. The lowest BCUT2D eigenvalue weighted by atomic mass is 9.96. The Morgan fingerprint density at radius 2 is 0.902 bits per heavy atom. The van der Waals surface area contributed by atoms with Crippen LogP contribution in [0, 0.1) is 0 Å². The molecule has 0 radical (unpaired) electrons. The van der Waals surface area contributed by atoms with E-state index in [2.05, 4.69) is 165 Å². The number of benzene rings is 6. The van der Waals surface area contributed by atoms with E-state index in [1.165, 1.54) is 43.4 Å². The predicted octanol–water partition coefficient (Wildman–Crippen LogP) is 11.4. The molecular weight excluding hydrogens is 623 g/mol. The molecule has 5 heteroatoms. The number of rotatable bonds is 4. The van der Waals surface area contributed by atoms with Crippen LogP contribution in [-0.4, -0.2) is 23.7 Å². The van der Waals surface area contributed by atoms with Crippen LogP contribution in [0.25, 0.3) is 93.9 Å². The molecule has 0 spiro atoms. The minimum atomic E-state index is 0.888. The lowest BCUT2D eigenvalue weighted by Gasteiger charge is -2.14. The minimum Gasteiger partial charge on any atom is -0.309 e. The molecule has 0 aliphatic heterocycles. The van der Waals surface area contributed by atoms with Crippen LogP contribution in [-0.2, 0) is 0 Å². The van der Waals surface area contributed by atoms with E-state index in [-0.39, 0.29) is 0 Å². The zero-order valence-corrected chi connectivity index (χ0v) is 27.5. The highest BCUT2D eigenvalue weighted by atomic mass is 15.1. The van der Waals surface area contributed by atoms with Crippen LogP contribution in [0.5, 0.6) is 0 Å². The summed E-state index contributed by atoms with van der Waals surface area (Å²) in [4.78, 5) is 9.79. The van der Waals surface area contributed by atoms with Gasteiger partial charge in [0.1, 0.15) is 11.6 Å². The molecule has 11 aromatic rings. The zero-order chi connectivity index (χ0) is 33.5. The Kier molecular flexibility index (Phi) is 5.89. The van der Waals surface area contributed by atoms with Gasteiger partial charge in [0.25, 0.3) is 0 Å². The van der Waals surface area contributed by atoms with E-state index >= 15 is 0 Å². The van der Waals surface area contributed by atoms with Gasteiger partial charge in [0.05, 0.1) is 33.1 Å². The van der Waals surface area contributed by atoms with Crippen molar-refractivity contribution in [2.45, 2.75) is 0 Å². The fourth-order valence-electron chi connectivity index (χ4n) is 8.28. The summed E-state index contributed by atoms with van der Waals surface area (Å²) in [5, 5.41) is 7.24. The first-order valence-electron chi connectivity index (χ1n) is 17.3. The highest BCUT2D eigenvalue weighted by molar-refractivity contribution is 6.31. The molecule has 0 atom stereocenters. The number of aromatic nitrogens is 5. The first-order chi connectivity index (χ1) is 25.3. The van der Waals surface area contributed by atoms with E-state index in [0.29, 0.717) is 0 Å². The third-order valence-corrected chi connectivity index (χ3v) is 10.3. The fraction of sp³-hybridized carbons (Fsp3) is 0. The minimum absolute atomic E-state index is 0.888. The number of hydrogen-bond donors (Lipinski definition) is 0. The molecule has 238 valence electrons. The molecule has 0 saturated carbocycles. The van der Waals surface area contributed by atoms with E-state index in [9.17, 15) is 0 Å². The number of nitrogens with zero attached hydrogens (tertiary/aromatic N) is 5. The average molecular weight is 652 g/mol. The highest BCUT2D eigenvalue weighted by Crippen LogP contribution is 2.47. The van der Waals surface area contributed by atoms with Gasteiger partial charge in [-0.25, -0.2) is 9.97 Å². The first kappa shape index (κ1) is 27.9. The van der Waals surface area contributed by atoms with E-state index < -0.39 is 0 Å². The van der Waals surface area contributed by atoms with E-state index in [0.717, 1.165) is 50.5 Å². The summed E-state index contributed by atoms with van der Waals surface area (Å²) in [5.41, 5.74) is 10.3. The van der Waals surface area contributed by atoms with Crippen LogP contribution >= 0.6 is 0 Å². The van der Waals surface area contributed by atoms with E-state index in [1.807, 2.05) is 24.5 Å². The largest absolute Gasteiger partial charge is 0.309 e. The summed E-state index contributed by atoms with van der Waals surface area (Å²) in [7, 11) is 0. The first-order valence-corrected chi connectivity index (χ1v) is 17.3. The van der Waals surface area contributed by atoms with Crippen molar-refractivity contribution in [1.82, 2.24) is 23.7 Å². The fourth-order valence-corrected chi connectivity index (χ4v) is 8.28. The maximum Gasteiger partial charge on any atom is 0.137 e. The van der Waals surface area contributed by atoms with Crippen LogP contribution in [0.3, 0.4) is 0 Å². The van der Waals surface area contributed by atoms with E-state index in [4.69, 9.17) is 9.97 Å². The second-order valence-electron chi connectivity index (χ2n) is 13.0. The van der Waals surface area contributed by atoms with Gasteiger partial charge in [-0.2, -0.15) is 0 Å². The van der Waals surface area contributed by atoms with Gasteiger partial charge in [-0.15, -0.1) is 0 Å². The molecule has 0 N–H and O–H groups in total. The topological polar surface area (TPSA) is 40.6 Å². The monoisotopic (exact) mass is 651 g/mol. The van der Waals surface area contributed by atoms with Crippen LogP contribution in [0.2, 0.25) is 0 Å². The van der Waals surface area contributed by atoms with Crippen molar-refractivity contribution in [2.75, 3.05) is 0 Å². The SMILES string of the molecule is c1ccc(-n2c3ccccc3c3cc(-c4cc5c(c6ccccc6n5-c5ccccn5)c5c6ccccc6n(-c6ccccn6)c45)ccc32)cc1. The number of para-hydroxylation sites is 4. The lowest BCUT2D eigenvalue weighted by Crippen LogP contribution is -1.99. The molecule has 0 aliphatic carbocycles. The van der Waals surface area contributed by atoms with E-state index in [1.54, 1.807) is 0 Å². The predicted molar refractivity (Wildman–Crippen MR) is 210 cm³/mol. The molecule has 0 saturated heterocycles. The third-order valence-electron chi connectivity index (χ3n) is 10.3. The second-order valence-corrected chi connectivity index (χ2v) is 13.0. The summed E-state index contributed by atoms with van der Waals surface area (Å²) in [6.07, 6.45) is 3.75. The van der Waals surface area contributed by atoms with Crippen molar-refractivity contribution in [1.29, 1.82) is 0 Å². The van der Waals surface area contributed by atoms with Crippen molar-refractivity contribution in [2.24, 2.45) is 0 Å². The number of pyridine rings is 2. The summed E-state index contributed by atoms with van der Waals surface area (Å²) in [5.74, 6) is 1.78. The van der Waals surface area contributed by atoms with Gasteiger partial charge in [0.2, 0.25) is 0 Å². The maximum absolute atomic E-state index is 4.92. The molecule has 5 aromatic heterocycles. The van der Waals surface area contributed by atoms with Crippen LogP contribution in [0.15, 0.2) is 176 Å². The summed E-state index contributed by atoms with van der Waals surface area (Å²) >= 11 is 0. The van der Waals surface area contributed by atoms with Crippen LogP contribution in [0.1, 0.15) is 0 Å². The maximum atomic E-state index is 4.92. The molecule has 0 aliphatic rings. The molecule has 5 heterocycles. The van der Waals surface area contributed by atoms with Gasteiger partial charge in [-0.3, -0.25) is 9.13 Å². The third kappa shape index (κ3) is 3.97. The second kappa shape index (κ2) is 10.8. The summed E-state index contributed by atoms with van der Waals surface area (Å²) in [6.45, 7) is 0. The van der Waals surface area contributed by atoms with Crippen LogP contribution in [0.4, 0.5) is 0 Å². The Hall–Kier alpha value is -6.98. The average Bonchev–Trinajstić information content (AvgIpc) is 3.84. The van der Waals surface area contributed by atoms with Crippen LogP contribution < -0.4 is 0 Å². The Labute approximate surface area is 292 Å². The van der Waals surface area contributed by atoms with Gasteiger partial charge in [0, 0.05) is 56.0 Å². The zero-order valence-electron chi connectivity index (χ0n) is 27.5. The smallest absolute Gasteiger partial charge is 0.137 e. The quantitative estimate of drug-likeness (QED) is 0.190. The van der Waals surface area contributed by atoms with Crippen molar-refractivity contribution in [3.8, 4) is 28.5 Å². The van der Waals surface area contributed by atoms with Gasteiger partial charge in [0.15, 0.2) is 0 Å². The Morgan fingerprint density at radius 1 is 0.353 bits per heavy atom. The van der Waals surface area contributed by atoms with Gasteiger partial charge >= 0.3 is 0 Å². The molecule has 0 bridgehead atoms. The molecule has 0 fully saturated rings. The van der Waals surface area contributed by atoms with Crippen molar-refractivity contribution >= 4 is 65.4 Å².